The molecule has 0 radical (unpaired) electrons. The highest BCUT2D eigenvalue weighted by Gasteiger charge is 2.17. The molecule has 0 aliphatic heterocycles. The Labute approximate surface area is 135 Å². The van der Waals surface area contributed by atoms with E-state index in [0.29, 0.717) is 18.7 Å². The number of benzene rings is 2. The monoisotopic (exact) mass is 312 g/mol. The lowest BCUT2D eigenvalue weighted by Crippen LogP contribution is -2.32. The van der Waals surface area contributed by atoms with Gasteiger partial charge in [-0.15, -0.1) is 0 Å². The molecule has 1 amide bonds. The number of carbonyl (C=O) groups excluding carboxylic acids is 1. The van der Waals surface area contributed by atoms with E-state index < -0.39 is 0 Å². The van der Waals surface area contributed by atoms with Gasteiger partial charge in [-0.25, -0.2) is 0 Å². The van der Waals surface area contributed by atoms with Crippen molar-refractivity contribution in [3.8, 4) is 5.75 Å². The summed E-state index contributed by atoms with van der Waals surface area (Å²) >= 11 is 0. The fourth-order valence-corrected chi connectivity index (χ4v) is 2.10. The maximum absolute atomic E-state index is 12.2. The molecule has 0 saturated carbocycles. The van der Waals surface area contributed by atoms with Gasteiger partial charge in [-0.05, 0) is 24.6 Å². The fourth-order valence-electron chi connectivity index (χ4n) is 2.10. The topological polar surface area (TPSA) is 59.9 Å². The van der Waals surface area contributed by atoms with Crippen molar-refractivity contribution in [2.45, 2.75) is 13.5 Å². The van der Waals surface area contributed by atoms with Crippen molar-refractivity contribution in [3.05, 3.63) is 65.7 Å². The van der Waals surface area contributed by atoms with Gasteiger partial charge >= 0.3 is 0 Å². The molecule has 5 heteroatoms. The third kappa shape index (κ3) is 4.57. The summed E-state index contributed by atoms with van der Waals surface area (Å²) in [5.41, 5.74) is 1.79. The quantitative estimate of drug-likeness (QED) is 0.632. The summed E-state index contributed by atoms with van der Waals surface area (Å²) in [6, 6.07) is 17.0. The lowest BCUT2D eigenvalue weighted by atomic mass is 10.0. The standard InChI is InChI=1S/C18H20N2O3/c1-3-19-18(21)17(20-22-2)16-12-8-7-9-14(16)13-23-15-10-5-4-6-11-15/h4-12H,3,13H2,1-2H3,(H,19,21)/b20-17+. The van der Waals surface area contributed by atoms with Gasteiger partial charge in [-0.1, -0.05) is 47.6 Å². The minimum atomic E-state index is -0.276. The number of carbonyl (C=O) groups is 1. The van der Waals surface area contributed by atoms with E-state index in [-0.39, 0.29) is 11.6 Å². The van der Waals surface area contributed by atoms with Crippen LogP contribution in [0.1, 0.15) is 18.1 Å². The zero-order chi connectivity index (χ0) is 16.5. The molecular formula is C18H20N2O3. The molecule has 0 aliphatic carbocycles. The highest BCUT2D eigenvalue weighted by molar-refractivity contribution is 6.45. The lowest BCUT2D eigenvalue weighted by Gasteiger charge is -2.12. The average molecular weight is 312 g/mol. The number of ether oxygens (including phenoxy) is 1. The Morgan fingerprint density at radius 1 is 1.09 bits per heavy atom. The summed E-state index contributed by atoms with van der Waals surface area (Å²) in [6.45, 7) is 2.71. The second-order valence-electron chi connectivity index (χ2n) is 4.74. The normalized spacial score (nSPS) is 11.0. The Hall–Kier alpha value is -2.82. The van der Waals surface area contributed by atoms with Gasteiger partial charge in [0.05, 0.1) is 0 Å². The third-order valence-electron chi connectivity index (χ3n) is 3.15. The molecule has 2 rings (SSSR count). The van der Waals surface area contributed by atoms with Crippen LogP contribution in [0.4, 0.5) is 0 Å². The highest BCUT2D eigenvalue weighted by Crippen LogP contribution is 2.16. The van der Waals surface area contributed by atoms with Gasteiger partial charge in [-0.2, -0.15) is 0 Å². The molecule has 0 aliphatic rings. The van der Waals surface area contributed by atoms with Crippen molar-refractivity contribution < 1.29 is 14.4 Å². The summed E-state index contributed by atoms with van der Waals surface area (Å²) in [7, 11) is 1.42. The first-order chi connectivity index (χ1) is 11.3. The smallest absolute Gasteiger partial charge is 0.273 e. The van der Waals surface area contributed by atoms with Crippen LogP contribution < -0.4 is 10.1 Å². The van der Waals surface area contributed by atoms with Crippen molar-refractivity contribution in [2.24, 2.45) is 5.16 Å². The van der Waals surface area contributed by atoms with E-state index in [1.54, 1.807) is 0 Å². The Bertz CT molecular complexity index is 669. The Balaban J connectivity index is 2.24. The van der Waals surface area contributed by atoms with Gasteiger partial charge in [-0.3, -0.25) is 4.79 Å². The van der Waals surface area contributed by atoms with Gasteiger partial charge in [0.25, 0.3) is 5.91 Å². The first-order valence-electron chi connectivity index (χ1n) is 7.41. The maximum Gasteiger partial charge on any atom is 0.273 e. The Kier molecular flexibility index (Phi) is 6.17. The van der Waals surface area contributed by atoms with Crippen LogP contribution in [0.3, 0.4) is 0 Å². The molecule has 0 heterocycles. The third-order valence-corrected chi connectivity index (χ3v) is 3.15. The molecule has 120 valence electrons. The van der Waals surface area contributed by atoms with E-state index in [1.807, 2.05) is 61.5 Å². The van der Waals surface area contributed by atoms with Crippen molar-refractivity contribution in [3.63, 3.8) is 0 Å². The van der Waals surface area contributed by atoms with Gasteiger partial charge in [0.2, 0.25) is 0 Å². The molecule has 0 atom stereocenters. The van der Waals surface area contributed by atoms with Crippen molar-refractivity contribution in [1.82, 2.24) is 5.32 Å². The molecule has 1 N–H and O–H groups in total. The van der Waals surface area contributed by atoms with Crippen molar-refractivity contribution in [2.75, 3.05) is 13.7 Å². The molecule has 0 bridgehead atoms. The number of rotatable bonds is 7. The Morgan fingerprint density at radius 3 is 2.48 bits per heavy atom. The predicted octanol–water partition coefficient (Wildman–Crippen LogP) is 2.75. The molecule has 2 aromatic rings. The first-order valence-corrected chi connectivity index (χ1v) is 7.41. The van der Waals surface area contributed by atoms with Crippen LogP contribution in [0.5, 0.6) is 5.75 Å². The summed E-state index contributed by atoms with van der Waals surface area (Å²) in [4.78, 5) is 17.0. The molecule has 0 fully saturated rings. The minimum absolute atomic E-state index is 0.238. The molecule has 2 aromatic carbocycles. The second kappa shape index (κ2) is 8.58. The van der Waals surface area contributed by atoms with E-state index in [9.17, 15) is 4.79 Å². The van der Waals surface area contributed by atoms with E-state index in [0.717, 1.165) is 11.3 Å². The minimum Gasteiger partial charge on any atom is -0.489 e. The molecule has 0 saturated heterocycles. The lowest BCUT2D eigenvalue weighted by molar-refractivity contribution is -0.114. The number of likely N-dealkylation sites (N-methyl/N-ethyl adjacent to an activating group) is 1. The number of hydrogen-bond donors (Lipinski definition) is 1. The fraction of sp³-hybridized carbons (Fsp3) is 0.222. The number of nitrogens with zero attached hydrogens (tertiary/aromatic N) is 1. The summed E-state index contributed by atoms with van der Waals surface area (Å²) in [6.07, 6.45) is 0. The number of amides is 1. The molecule has 0 unspecified atom stereocenters. The van der Waals surface area contributed by atoms with E-state index in [1.165, 1.54) is 7.11 Å². The van der Waals surface area contributed by atoms with Crippen molar-refractivity contribution in [1.29, 1.82) is 0 Å². The van der Waals surface area contributed by atoms with Gasteiger partial charge in [0, 0.05) is 12.1 Å². The van der Waals surface area contributed by atoms with E-state index in [4.69, 9.17) is 9.57 Å². The molecule has 5 nitrogen and oxygen atoms in total. The van der Waals surface area contributed by atoms with Crippen LogP contribution >= 0.6 is 0 Å². The van der Waals surface area contributed by atoms with Gasteiger partial charge in [0.15, 0.2) is 5.71 Å². The Morgan fingerprint density at radius 2 is 1.78 bits per heavy atom. The number of hydrogen-bond acceptors (Lipinski definition) is 4. The maximum atomic E-state index is 12.2. The zero-order valence-corrected chi connectivity index (χ0v) is 13.3. The number of para-hydroxylation sites is 1. The van der Waals surface area contributed by atoms with Gasteiger partial charge < -0.3 is 14.9 Å². The summed E-state index contributed by atoms with van der Waals surface area (Å²) in [5, 5.41) is 6.62. The molecule has 0 aromatic heterocycles. The van der Waals surface area contributed by atoms with Crippen LogP contribution in [-0.4, -0.2) is 25.3 Å². The summed E-state index contributed by atoms with van der Waals surface area (Å²) in [5.74, 6) is 0.493. The highest BCUT2D eigenvalue weighted by atomic mass is 16.6. The summed E-state index contributed by atoms with van der Waals surface area (Å²) < 4.78 is 5.77. The zero-order valence-electron chi connectivity index (χ0n) is 13.3. The largest absolute Gasteiger partial charge is 0.489 e. The first kappa shape index (κ1) is 16.5. The van der Waals surface area contributed by atoms with Crippen LogP contribution in [0, 0.1) is 0 Å². The second-order valence-corrected chi connectivity index (χ2v) is 4.74. The van der Waals surface area contributed by atoms with E-state index in [2.05, 4.69) is 10.5 Å². The van der Waals surface area contributed by atoms with Crippen LogP contribution in [-0.2, 0) is 16.2 Å². The van der Waals surface area contributed by atoms with E-state index >= 15 is 0 Å². The molecule has 0 spiro atoms. The van der Waals surface area contributed by atoms with Crippen LogP contribution in [0.2, 0.25) is 0 Å². The molecule has 23 heavy (non-hydrogen) atoms. The van der Waals surface area contributed by atoms with Crippen LogP contribution in [0.25, 0.3) is 0 Å². The molecular weight excluding hydrogens is 292 g/mol. The SMILES string of the molecule is CCNC(=O)/C(=N/OC)c1ccccc1COc1ccccc1. The van der Waals surface area contributed by atoms with Gasteiger partial charge in [0.1, 0.15) is 19.5 Å². The van der Waals surface area contributed by atoms with Crippen LogP contribution in [0.15, 0.2) is 59.8 Å². The number of nitrogens with one attached hydrogen (secondary N) is 1. The number of oxime groups is 1. The predicted molar refractivity (Wildman–Crippen MR) is 89.4 cm³/mol. The van der Waals surface area contributed by atoms with Crippen molar-refractivity contribution >= 4 is 11.6 Å². The average Bonchev–Trinajstić information content (AvgIpc) is 2.59.